The van der Waals surface area contributed by atoms with E-state index in [4.69, 9.17) is 9.26 Å². The normalized spacial score (nSPS) is 16.2. The lowest BCUT2D eigenvalue weighted by Gasteiger charge is -2.35. The number of carbonyl (C=O) groups excluding carboxylic acids is 1. The monoisotopic (exact) mass is 420 g/mol. The Labute approximate surface area is 182 Å². The molecule has 31 heavy (non-hydrogen) atoms. The Morgan fingerprint density at radius 2 is 1.94 bits per heavy atom. The van der Waals surface area contributed by atoms with E-state index in [-0.39, 0.29) is 11.8 Å². The first-order chi connectivity index (χ1) is 15.0. The Balaban J connectivity index is 1.38. The van der Waals surface area contributed by atoms with E-state index in [1.54, 1.807) is 19.1 Å². The molecule has 4 rings (SSSR count). The maximum absolute atomic E-state index is 13.1. The highest BCUT2D eigenvalue weighted by Crippen LogP contribution is 2.25. The number of methoxy groups -OCH3 is 1. The summed E-state index contributed by atoms with van der Waals surface area (Å²) in [6.45, 7) is 4.08. The number of amides is 1. The van der Waals surface area contributed by atoms with Crippen molar-refractivity contribution in [2.24, 2.45) is 5.92 Å². The van der Waals surface area contributed by atoms with Crippen molar-refractivity contribution in [3.05, 3.63) is 60.0 Å². The van der Waals surface area contributed by atoms with Gasteiger partial charge in [-0.25, -0.2) is 0 Å². The van der Waals surface area contributed by atoms with Crippen LogP contribution in [0.3, 0.4) is 0 Å². The summed E-state index contributed by atoms with van der Waals surface area (Å²) in [4.78, 5) is 21.5. The average molecular weight is 421 g/mol. The van der Waals surface area contributed by atoms with E-state index in [1.807, 2.05) is 24.3 Å². The van der Waals surface area contributed by atoms with Gasteiger partial charge in [-0.05, 0) is 56.2 Å². The van der Waals surface area contributed by atoms with Gasteiger partial charge in [0.25, 0.3) is 0 Å². The molecule has 7 nitrogen and oxygen atoms in total. The number of anilines is 1. The van der Waals surface area contributed by atoms with Crippen LogP contribution in [0.15, 0.2) is 53.1 Å². The van der Waals surface area contributed by atoms with Gasteiger partial charge in [0.05, 0.1) is 19.6 Å². The fraction of sp³-hybridized carbons (Fsp3) is 0.375. The quantitative estimate of drug-likeness (QED) is 0.602. The summed E-state index contributed by atoms with van der Waals surface area (Å²) in [5.74, 6) is 1.77. The van der Waals surface area contributed by atoms with Gasteiger partial charge in [-0.15, -0.1) is 0 Å². The maximum atomic E-state index is 13.1. The highest BCUT2D eigenvalue weighted by molar-refractivity contribution is 5.79. The summed E-state index contributed by atoms with van der Waals surface area (Å²) in [6, 6.07) is 15.9. The van der Waals surface area contributed by atoms with Crippen LogP contribution in [0.1, 0.15) is 24.3 Å². The average Bonchev–Trinajstić information content (AvgIpc) is 3.27. The second-order valence-electron chi connectivity index (χ2n) is 8.06. The second kappa shape index (κ2) is 9.20. The largest absolute Gasteiger partial charge is 0.497 e. The minimum atomic E-state index is -0.0379. The molecule has 1 aliphatic heterocycles. The lowest BCUT2D eigenvalue weighted by Crippen LogP contribution is -2.43. The van der Waals surface area contributed by atoms with Crippen molar-refractivity contribution >= 4 is 11.6 Å². The van der Waals surface area contributed by atoms with Crippen LogP contribution in [0.25, 0.3) is 11.4 Å². The number of ether oxygens (including phenoxy) is 1. The molecule has 1 saturated heterocycles. The number of hydrogen-bond acceptors (Lipinski definition) is 6. The van der Waals surface area contributed by atoms with Crippen LogP contribution in [0.4, 0.5) is 5.69 Å². The zero-order chi connectivity index (χ0) is 21.8. The number of carbonyl (C=O) groups is 1. The van der Waals surface area contributed by atoms with Gasteiger partial charge in [0.2, 0.25) is 17.6 Å². The zero-order valence-corrected chi connectivity index (χ0v) is 18.2. The van der Waals surface area contributed by atoms with Gasteiger partial charge >= 0.3 is 0 Å². The molecule has 1 fully saturated rings. The highest BCUT2D eigenvalue weighted by Gasteiger charge is 2.29. The Kier molecular flexibility index (Phi) is 6.21. The number of hydrogen-bond donors (Lipinski definition) is 0. The molecule has 1 atom stereocenters. The van der Waals surface area contributed by atoms with E-state index >= 15 is 0 Å². The van der Waals surface area contributed by atoms with Gasteiger partial charge in [0.1, 0.15) is 5.75 Å². The molecular formula is C24H28N4O3. The molecule has 1 amide bonds. The molecule has 162 valence electrons. The molecule has 0 aliphatic carbocycles. The Bertz CT molecular complexity index is 1010. The Morgan fingerprint density at radius 3 is 2.65 bits per heavy atom. The predicted octanol–water partition coefficient (Wildman–Crippen LogP) is 3.93. The lowest BCUT2D eigenvalue weighted by atomic mass is 9.96. The SMILES string of the molecule is COc1ccc(-c2noc(CN(C)C(=O)[C@@H]3CCCN(c4ccc(C)cc4)C3)n2)cc1. The van der Waals surface area contributed by atoms with Crippen molar-refractivity contribution < 1.29 is 14.1 Å². The number of benzene rings is 2. The van der Waals surface area contributed by atoms with Crippen LogP contribution >= 0.6 is 0 Å². The van der Waals surface area contributed by atoms with E-state index in [2.05, 4.69) is 46.2 Å². The minimum Gasteiger partial charge on any atom is -0.497 e. The first kappa shape index (κ1) is 20.9. The molecule has 0 bridgehead atoms. The van der Waals surface area contributed by atoms with E-state index in [9.17, 15) is 4.79 Å². The molecule has 3 aromatic rings. The third-order valence-corrected chi connectivity index (χ3v) is 5.73. The summed E-state index contributed by atoms with van der Waals surface area (Å²) in [6.07, 6.45) is 1.90. The molecule has 1 aromatic heterocycles. The van der Waals surface area contributed by atoms with Crippen molar-refractivity contribution in [1.82, 2.24) is 15.0 Å². The topological polar surface area (TPSA) is 71.7 Å². The molecular weight excluding hydrogens is 392 g/mol. The fourth-order valence-electron chi connectivity index (χ4n) is 3.94. The van der Waals surface area contributed by atoms with Crippen molar-refractivity contribution in [2.75, 3.05) is 32.1 Å². The van der Waals surface area contributed by atoms with Crippen LogP contribution in [0, 0.1) is 12.8 Å². The molecule has 0 saturated carbocycles. The molecule has 1 aliphatic rings. The van der Waals surface area contributed by atoms with Crippen LogP contribution in [-0.4, -0.2) is 48.2 Å². The number of piperidine rings is 1. The number of nitrogens with zero attached hydrogens (tertiary/aromatic N) is 4. The van der Waals surface area contributed by atoms with Gasteiger partial charge < -0.3 is 19.1 Å². The van der Waals surface area contributed by atoms with Crippen LogP contribution in [-0.2, 0) is 11.3 Å². The van der Waals surface area contributed by atoms with Gasteiger partial charge in [0.15, 0.2) is 0 Å². The van der Waals surface area contributed by atoms with E-state index in [1.165, 1.54) is 11.3 Å². The van der Waals surface area contributed by atoms with Gasteiger partial charge in [-0.1, -0.05) is 22.9 Å². The molecule has 0 spiro atoms. The van der Waals surface area contributed by atoms with E-state index < -0.39 is 0 Å². The van der Waals surface area contributed by atoms with Gasteiger partial charge in [-0.2, -0.15) is 4.98 Å². The van der Waals surface area contributed by atoms with Crippen LogP contribution < -0.4 is 9.64 Å². The molecule has 0 radical (unpaired) electrons. The van der Waals surface area contributed by atoms with E-state index in [0.29, 0.717) is 18.3 Å². The first-order valence-electron chi connectivity index (χ1n) is 10.6. The summed E-state index contributed by atoms with van der Waals surface area (Å²) >= 11 is 0. The molecule has 2 heterocycles. The third-order valence-electron chi connectivity index (χ3n) is 5.73. The van der Waals surface area contributed by atoms with Crippen molar-refractivity contribution in [1.29, 1.82) is 0 Å². The highest BCUT2D eigenvalue weighted by atomic mass is 16.5. The summed E-state index contributed by atoms with van der Waals surface area (Å²) in [5.41, 5.74) is 3.25. The Hall–Kier alpha value is -3.35. The third kappa shape index (κ3) is 4.87. The zero-order valence-electron chi connectivity index (χ0n) is 18.2. The van der Waals surface area contributed by atoms with Crippen molar-refractivity contribution in [3.8, 4) is 17.1 Å². The number of rotatable bonds is 6. The fourth-order valence-corrected chi connectivity index (χ4v) is 3.94. The maximum Gasteiger partial charge on any atom is 0.246 e. The van der Waals surface area contributed by atoms with Crippen LogP contribution in [0.2, 0.25) is 0 Å². The van der Waals surface area contributed by atoms with Gasteiger partial charge in [-0.3, -0.25) is 4.79 Å². The molecule has 7 heteroatoms. The van der Waals surface area contributed by atoms with Crippen molar-refractivity contribution in [3.63, 3.8) is 0 Å². The molecule has 0 N–H and O–H groups in total. The second-order valence-corrected chi connectivity index (χ2v) is 8.06. The Morgan fingerprint density at radius 1 is 1.19 bits per heavy atom. The number of aryl methyl sites for hydroxylation is 1. The molecule has 0 unspecified atom stereocenters. The first-order valence-corrected chi connectivity index (χ1v) is 10.6. The lowest BCUT2D eigenvalue weighted by molar-refractivity contribution is -0.135. The van der Waals surface area contributed by atoms with Crippen LogP contribution in [0.5, 0.6) is 5.75 Å². The smallest absolute Gasteiger partial charge is 0.246 e. The minimum absolute atomic E-state index is 0.0379. The summed E-state index contributed by atoms with van der Waals surface area (Å²) in [7, 11) is 3.42. The van der Waals surface area contributed by atoms with E-state index in [0.717, 1.165) is 37.2 Å². The van der Waals surface area contributed by atoms with Gasteiger partial charge in [0, 0.05) is 31.4 Å². The number of aromatic nitrogens is 2. The summed E-state index contributed by atoms with van der Waals surface area (Å²) < 4.78 is 10.6. The predicted molar refractivity (Wildman–Crippen MR) is 119 cm³/mol. The standard InChI is InChI=1S/C24H28N4O3/c1-17-6-10-20(11-7-17)28-14-4-5-19(15-28)24(29)27(2)16-22-25-23(26-31-22)18-8-12-21(30-3)13-9-18/h6-13,19H,4-5,14-16H2,1-3H3/t19-/m1/s1. The molecule has 2 aromatic carbocycles. The van der Waals surface area contributed by atoms with Crippen molar-refractivity contribution in [2.45, 2.75) is 26.3 Å². The summed E-state index contributed by atoms with van der Waals surface area (Å²) in [5, 5.41) is 4.05.